The number of aromatic nitrogens is 1. The number of benzene rings is 1. The van der Waals surface area contributed by atoms with E-state index in [0.29, 0.717) is 23.8 Å². The second kappa shape index (κ2) is 5.38. The normalized spacial score (nSPS) is 13.8. The SMILES string of the molecule is NC(=O)c1c(Cl)c(-c2ccccc2)n2c1CN(C(N)=O)CC2. The van der Waals surface area contributed by atoms with Crippen molar-refractivity contribution >= 4 is 23.5 Å². The first-order chi connectivity index (χ1) is 10.5. The summed E-state index contributed by atoms with van der Waals surface area (Å²) < 4.78 is 1.94. The van der Waals surface area contributed by atoms with Gasteiger partial charge in [0.15, 0.2) is 0 Å². The van der Waals surface area contributed by atoms with E-state index in [9.17, 15) is 9.59 Å². The van der Waals surface area contributed by atoms with E-state index in [1.807, 2.05) is 34.9 Å². The highest BCUT2D eigenvalue weighted by atomic mass is 35.5. The quantitative estimate of drug-likeness (QED) is 0.883. The standard InChI is InChI=1S/C15H15ClN4O2/c16-12-11(14(17)21)10-8-19(15(18)22)6-7-20(10)13(12)9-4-2-1-3-5-9/h1-5H,6-8H2,(H2,17,21)(H2,18,22). The van der Waals surface area contributed by atoms with E-state index in [1.165, 1.54) is 4.90 Å². The Balaban J connectivity index is 2.20. The average Bonchev–Trinajstić information content (AvgIpc) is 2.79. The number of rotatable bonds is 2. The van der Waals surface area contributed by atoms with E-state index in [4.69, 9.17) is 23.1 Å². The third-order valence-electron chi connectivity index (χ3n) is 3.85. The first kappa shape index (κ1) is 14.5. The maximum atomic E-state index is 11.8. The molecule has 0 fully saturated rings. The van der Waals surface area contributed by atoms with E-state index < -0.39 is 11.9 Å². The fourth-order valence-corrected chi connectivity index (χ4v) is 3.26. The van der Waals surface area contributed by atoms with Crippen LogP contribution >= 0.6 is 11.6 Å². The van der Waals surface area contributed by atoms with Crippen LogP contribution in [0.15, 0.2) is 30.3 Å². The molecule has 1 aliphatic heterocycles. The van der Waals surface area contributed by atoms with Crippen LogP contribution < -0.4 is 11.5 Å². The molecular formula is C15H15ClN4O2. The predicted molar refractivity (Wildman–Crippen MR) is 83.4 cm³/mol. The van der Waals surface area contributed by atoms with Gasteiger partial charge in [0, 0.05) is 13.1 Å². The summed E-state index contributed by atoms with van der Waals surface area (Å²) in [6.45, 7) is 1.20. The first-order valence-corrected chi connectivity index (χ1v) is 7.19. The molecule has 0 spiro atoms. The summed E-state index contributed by atoms with van der Waals surface area (Å²) >= 11 is 6.42. The molecule has 3 amide bonds. The molecule has 3 rings (SSSR count). The van der Waals surface area contributed by atoms with Crippen LogP contribution in [0.5, 0.6) is 0 Å². The Morgan fingerprint density at radius 3 is 2.36 bits per heavy atom. The van der Waals surface area contributed by atoms with Crippen LogP contribution in [0.4, 0.5) is 4.79 Å². The van der Waals surface area contributed by atoms with Crippen molar-refractivity contribution in [1.29, 1.82) is 0 Å². The van der Waals surface area contributed by atoms with Crippen LogP contribution in [-0.4, -0.2) is 28.0 Å². The first-order valence-electron chi connectivity index (χ1n) is 6.81. The lowest BCUT2D eigenvalue weighted by Crippen LogP contribution is -2.42. The Labute approximate surface area is 132 Å². The van der Waals surface area contributed by atoms with Gasteiger partial charge in [0.25, 0.3) is 5.91 Å². The molecule has 0 saturated heterocycles. The van der Waals surface area contributed by atoms with Crippen molar-refractivity contribution in [2.75, 3.05) is 6.54 Å². The summed E-state index contributed by atoms with van der Waals surface area (Å²) in [6.07, 6.45) is 0. The molecule has 0 atom stereocenters. The van der Waals surface area contributed by atoms with Gasteiger partial charge in [-0.05, 0) is 5.56 Å². The van der Waals surface area contributed by atoms with E-state index in [1.54, 1.807) is 0 Å². The Morgan fingerprint density at radius 1 is 1.09 bits per heavy atom. The Morgan fingerprint density at radius 2 is 1.77 bits per heavy atom. The van der Waals surface area contributed by atoms with Gasteiger partial charge in [-0.25, -0.2) is 4.79 Å². The van der Waals surface area contributed by atoms with E-state index in [0.717, 1.165) is 11.3 Å². The van der Waals surface area contributed by atoms with Gasteiger partial charge in [-0.15, -0.1) is 0 Å². The van der Waals surface area contributed by atoms with Gasteiger partial charge < -0.3 is 20.9 Å². The minimum atomic E-state index is -0.609. The number of fused-ring (bicyclic) bond motifs is 1. The van der Waals surface area contributed by atoms with Crippen LogP contribution in [0.25, 0.3) is 11.3 Å². The second-order valence-electron chi connectivity index (χ2n) is 5.13. The van der Waals surface area contributed by atoms with Gasteiger partial charge in [0.2, 0.25) is 0 Å². The van der Waals surface area contributed by atoms with Crippen molar-refractivity contribution in [1.82, 2.24) is 9.47 Å². The lowest BCUT2D eigenvalue weighted by Gasteiger charge is -2.28. The maximum Gasteiger partial charge on any atom is 0.315 e. The third-order valence-corrected chi connectivity index (χ3v) is 4.22. The molecule has 2 heterocycles. The number of primary amides is 2. The monoisotopic (exact) mass is 318 g/mol. The zero-order chi connectivity index (χ0) is 15.9. The minimum Gasteiger partial charge on any atom is -0.365 e. The molecule has 0 saturated carbocycles. The van der Waals surface area contributed by atoms with Crippen LogP contribution in [0, 0.1) is 0 Å². The summed E-state index contributed by atoms with van der Waals surface area (Å²) in [5.41, 5.74) is 13.3. The molecule has 0 radical (unpaired) electrons. The Bertz CT molecular complexity index is 755. The zero-order valence-corrected chi connectivity index (χ0v) is 12.5. The number of amides is 3. The molecule has 114 valence electrons. The van der Waals surface area contributed by atoms with E-state index >= 15 is 0 Å². The average molecular weight is 319 g/mol. The molecule has 0 bridgehead atoms. The van der Waals surface area contributed by atoms with Crippen LogP contribution in [0.3, 0.4) is 0 Å². The van der Waals surface area contributed by atoms with Gasteiger partial charge in [0.05, 0.1) is 28.5 Å². The Hall–Kier alpha value is -2.47. The third kappa shape index (κ3) is 2.21. The van der Waals surface area contributed by atoms with Crippen LogP contribution in [0.2, 0.25) is 5.02 Å². The smallest absolute Gasteiger partial charge is 0.315 e. The Kier molecular flexibility index (Phi) is 3.54. The number of nitrogens with two attached hydrogens (primary N) is 2. The van der Waals surface area contributed by atoms with Gasteiger partial charge in [0.1, 0.15) is 0 Å². The molecule has 1 aromatic carbocycles. The number of nitrogens with zero attached hydrogens (tertiary/aromatic N) is 2. The summed E-state index contributed by atoms with van der Waals surface area (Å²) in [5, 5.41) is 0.319. The summed E-state index contributed by atoms with van der Waals surface area (Å²) in [6, 6.07) is 9.00. The predicted octanol–water partition coefficient (Wildman–Crippen LogP) is 1.80. The summed E-state index contributed by atoms with van der Waals surface area (Å²) in [4.78, 5) is 24.7. The molecule has 1 aliphatic rings. The molecule has 6 nitrogen and oxygen atoms in total. The summed E-state index contributed by atoms with van der Waals surface area (Å²) in [5.74, 6) is -0.609. The molecule has 22 heavy (non-hydrogen) atoms. The van der Waals surface area contributed by atoms with Gasteiger partial charge in [-0.2, -0.15) is 0 Å². The number of carbonyl (C=O) groups excluding carboxylic acids is 2. The van der Waals surface area contributed by atoms with Crippen molar-refractivity contribution in [2.45, 2.75) is 13.1 Å². The number of hydrogen-bond acceptors (Lipinski definition) is 2. The molecule has 7 heteroatoms. The fourth-order valence-electron chi connectivity index (χ4n) is 2.84. The van der Waals surface area contributed by atoms with Crippen LogP contribution in [-0.2, 0) is 13.1 Å². The molecule has 4 N–H and O–H groups in total. The van der Waals surface area contributed by atoms with Gasteiger partial charge in [-0.3, -0.25) is 4.79 Å². The molecule has 0 aliphatic carbocycles. The highest BCUT2D eigenvalue weighted by Gasteiger charge is 2.30. The fraction of sp³-hybridized carbons (Fsp3) is 0.200. The second-order valence-corrected chi connectivity index (χ2v) is 5.50. The van der Waals surface area contributed by atoms with Crippen molar-refractivity contribution < 1.29 is 9.59 Å². The van der Waals surface area contributed by atoms with Gasteiger partial charge >= 0.3 is 6.03 Å². The van der Waals surface area contributed by atoms with Crippen molar-refractivity contribution in [3.63, 3.8) is 0 Å². The van der Waals surface area contributed by atoms with Crippen molar-refractivity contribution in [2.24, 2.45) is 11.5 Å². The lowest BCUT2D eigenvalue weighted by atomic mass is 10.1. The van der Waals surface area contributed by atoms with E-state index in [-0.39, 0.29) is 12.1 Å². The molecule has 0 unspecified atom stereocenters. The van der Waals surface area contributed by atoms with Crippen LogP contribution in [0.1, 0.15) is 16.1 Å². The zero-order valence-electron chi connectivity index (χ0n) is 11.8. The highest BCUT2D eigenvalue weighted by Crippen LogP contribution is 2.37. The number of halogens is 1. The lowest BCUT2D eigenvalue weighted by molar-refractivity contribution is 0.0997. The minimum absolute atomic E-state index is 0.222. The molecular weight excluding hydrogens is 304 g/mol. The number of urea groups is 1. The maximum absolute atomic E-state index is 11.8. The highest BCUT2D eigenvalue weighted by molar-refractivity contribution is 6.36. The largest absolute Gasteiger partial charge is 0.365 e. The molecule has 1 aromatic heterocycles. The number of hydrogen-bond donors (Lipinski definition) is 2. The van der Waals surface area contributed by atoms with E-state index in [2.05, 4.69) is 0 Å². The summed E-state index contributed by atoms with van der Waals surface area (Å²) in [7, 11) is 0. The van der Waals surface area contributed by atoms with Crippen molar-refractivity contribution in [3.05, 3.63) is 46.6 Å². The van der Waals surface area contributed by atoms with Crippen molar-refractivity contribution in [3.8, 4) is 11.3 Å². The molecule has 2 aromatic rings. The van der Waals surface area contributed by atoms with Gasteiger partial charge in [-0.1, -0.05) is 41.9 Å². The number of carbonyl (C=O) groups is 2. The topological polar surface area (TPSA) is 94.3 Å².